The second kappa shape index (κ2) is 23.8. The number of ether oxygens (including phenoxy) is 1. The van der Waals surface area contributed by atoms with Crippen molar-refractivity contribution in [3.63, 3.8) is 0 Å². The SMILES string of the molecule is [Ir+3].[Pt+2].[c-]1cc(-c2ccccc2-c2cc(-c3ccccc3-c3c[c-]c(-c4ccccn4)cc3)cc(-c3ccccc3-c3c[c-]c(-c4ccccn4)cc3)c2)c(Oc2[c-]c(-c3ccccn3)c3ccc4cccc5ccc2c3c54)[c-]c1-c1ncccn1. The van der Waals surface area contributed by atoms with E-state index in [4.69, 9.17) is 9.72 Å². The first-order valence-electron chi connectivity index (χ1n) is 27.4. The molecule has 11 aromatic carbocycles. The quantitative estimate of drug-likeness (QED) is 0.0896. The Bertz CT molecular complexity index is 4700. The first kappa shape index (κ1) is 54.4. The van der Waals surface area contributed by atoms with E-state index in [1.165, 1.54) is 0 Å². The van der Waals surface area contributed by atoms with Gasteiger partial charge in [-0.3, -0.25) is 6.07 Å². The summed E-state index contributed by atoms with van der Waals surface area (Å²) in [5.41, 5.74) is 18.0. The summed E-state index contributed by atoms with van der Waals surface area (Å²) in [5, 5.41) is 6.49. The van der Waals surface area contributed by atoms with Crippen LogP contribution in [0.3, 0.4) is 0 Å². The molecule has 0 unspecified atom stereocenters. The molecule has 85 heavy (non-hydrogen) atoms. The summed E-state index contributed by atoms with van der Waals surface area (Å²) in [7, 11) is 0. The summed E-state index contributed by atoms with van der Waals surface area (Å²) >= 11 is 0. The number of aromatic nitrogens is 5. The molecule has 0 saturated carbocycles. The number of benzene rings is 11. The van der Waals surface area contributed by atoms with E-state index in [1.54, 1.807) is 18.5 Å². The van der Waals surface area contributed by atoms with E-state index in [1.807, 2.05) is 79.3 Å². The Hall–Kier alpha value is -9.87. The molecule has 0 bridgehead atoms. The van der Waals surface area contributed by atoms with Crippen LogP contribution in [0.1, 0.15) is 0 Å². The van der Waals surface area contributed by atoms with E-state index in [0.29, 0.717) is 22.9 Å². The van der Waals surface area contributed by atoms with Crippen LogP contribution in [0, 0.1) is 30.3 Å². The van der Waals surface area contributed by atoms with E-state index >= 15 is 0 Å². The van der Waals surface area contributed by atoms with Crippen molar-refractivity contribution in [2.24, 2.45) is 0 Å². The van der Waals surface area contributed by atoms with Gasteiger partial charge in [0.15, 0.2) is 0 Å². The molecular weight excluding hydrogens is 1400 g/mol. The second-order valence-electron chi connectivity index (χ2n) is 20.3. The third kappa shape index (κ3) is 10.4. The van der Waals surface area contributed by atoms with Crippen LogP contribution in [0.25, 0.3) is 144 Å². The van der Waals surface area contributed by atoms with Gasteiger partial charge in [-0.05, 0) is 121 Å². The molecule has 15 aromatic rings. The summed E-state index contributed by atoms with van der Waals surface area (Å²) in [4.78, 5) is 23.3. The van der Waals surface area contributed by atoms with Gasteiger partial charge in [0.05, 0.1) is 0 Å². The van der Waals surface area contributed by atoms with Crippen molar-refractivity contribution in [3.05, 3.63) is 298 Å². The molecule has 0 aliphatic carbocycles. The van der Waals surface area contributed by atoms with Crippen molar-refractivity contribution in [3.8, 4) is 123 Å². The van der Waals surface area contributed by atoms with Gasteiger partial charge in [-0.1, -0.05) is 202 Å². The van der Waals surface area contributed by atoms with E-state index in [9.17, 15) is 0 Å². The smallest absolute Gasteiger partial charge is 0.514 e. The van der Waals surface area contributed by atoms with Gasteiger partial charge in [0.25, 0.3) is 0 Å². The van der Waals surface area contributed by atoms with Crippen molar-refractivity contribution in [2.75, 3.05) is 0 Å². The van der Waals surface area contributed by atoms with Gasteiger partial charge in [-0.2, -0.15) is 0 Å². The molecule has 402 valence electrons. The topological polar surface area (TPSA) is 73.7 Å². The first-order chi connectivity index (χ1) is 41.1. The van der Waals surface area contributed by atoms with E-state index in [2.05, 4.69) is 220 Å². The summed E-state index contributed by atoms with van der Waals surface area (Å²) < 4.78 is 7.40. The minimum Gasteiger partial charge on any atom is -0.514 e. The zero-order valence-corrected chi connectivity index (χ0v) is 49.9. The van der Waals surface area contributed by atoms with Crippen LogP contribution in [-0.4, -0.2) is 24.9 Å². The van der Waals surface area contributed by atoms with Crippen molar-refractivity contribution < 1.29 is 45.9 Å². The maximum Gasteiger partial charge on any atom is 3.00 e. The molecule has 0 saturated heterocycles. The fourth-order valence-electron chi connectivity index (χ4n) is 11.5. The van der Waals surface area contributed by atoms with Crippen LogP contribution in [0.15, 0.2) is 268 Å². The maximum absolute atomic E-state index is 7.40. The van der Waals surface area contributed by atoms with Crippen LogP contribution in [-0.2, 0) is 41.2 Å². The second-order valence-corrected chi connectivity index (χ2v) is 20.3. The summed E-state index contributed by atoms with van der Waals surface area (Å²) in [6.45, 7) is 0. The minimum atomic E-state index is 0. The Morgan fingerprint density at radius 3 is 1.29 bits per heavy atom. The number of nitrogens with zero attached hydrogens (tertiary/aromatic N) is 5. The molecule has 0 aliphatic rings. The maximum atomic E-state index is 7.40. The Morgan fingerprint density at radius 2 is 0.788 bits per heavy atom. The van der Waals surface area contributed by atoms with Crippen molar-refractivity contribution in [2.45, 2.75) is 0 Å². The van der Waals surface area contributed by atoms with Gasteiger partial charge in [0, 0.05) is 36.7 Å². The third-order valence-corrected chi connectivity index (χ3v) is 15.4. The number of hydrogen-bond donors (Lipinski definition) is 0. The number of rotatable bonds is 12. The van der Waals surface area contributed by atoms with Crippen LogP contribution in [0.4, 0.5) is 0 Å². The van der Waals surface area contributed by atoms with Gasteiger partial charge in [0.1, 0.15) is 0 Å². The molecule has 0 amide bonds. The van der Waals surface area contributed by atoms with E-state index in [0.717, 1.165) is 133 Å². The Kier molecular flexibility index (Phi) is 15.2. The zero-order chi connectivity index (χ0) is 55.1. The molecule has 6 nitrogen and oxygen atoms in total. The Labute approximate surface area is 520 Å². The van der Waals surface area contributed by atoms with Crippen LogP contribution in [0.5, 0.6) is 11.5 Å². The van der Waals surface area contributed by atoms with E-state index < -0.39 is 0 Å². The molecule has 0 aliphatic heterocycles. The fourth-order valence-corrected chi connectivity index (χ4v) is 11.5. The van der Waals surface area contributed by atoms with Crippen LogP contribution < -0.4 is 4.74 Å². The predicted octanol–water partition coefficient (Wildman–Crippen LogP) is 19.0. The zero-order valence-electron chi connectivity index (χ0n) is 45.2. The monoisotopic (exact) mass is 1440 g/mol. The molecule has 15 rings (SSSR count). The number of hydrogen-bond acceptors (Lipinski definition) is 6. The molecule has 8 heteroatoms. The average molecular weight is 1440 g/mol. The number of pyridine rings is 3. The van der Waals surface area contributed by atoms with Gasteiger partial charge >= 0.3 is 41.2 Å². The van der Waals surface area contributed by atoms with Gasteiger partial charge < -0.3 is 29.7 Å². The normalized spacial score (nSPS) is 11.1. The van der Waals surface area contributed by atoms with Gasteiger partial charge in [0.2, 0.25) is 0 Å². The van der Waals surface area contributed by atoms with Gasteiger partial charge in [-0.25, -0.2) is 17.7 Å². The predicted molar refractivity (Wildman–Crippen MR) is 334 cm³/mol. The van der Waals surface area contributed by atoms with Gasteiger partial charge in [-0.15, -0.1) is 70.8 Å². The van der Waals surface area contributed by atoms with Crippen LogP contribution >= 0.6 is 0 Å². The molecule has 0 fully saturated rings. The van der Waals surface area contributed by atoms with E-state index in [-0.39, 0.29) is 41.2 Å². The molecule has 0 spiro atoms. The summed E-state index contributed by atoms with van der Waals surface area (Å²) in [6.07, 6.45) is 8.91. The Balaban J connectivity index is 0.00000336. The fraction of sp³-hybridized carbons (Fsp3) is 0. The van der Waals surface area contributed by atoms with Crippen molar-refractivity contribution in [1.29, 1.82) is 0 Å². The molecular formula is C77H44IrN5OPt. The molecule has 4 heterocycles. The first-order valence-corrected chi connectivity index (χ1v) is 27.4. The van der Waals surface area contributed by atoms with Crippen LogP contribution in [0.2, 0.25) is 0 Å². The molecule has 0 radical (unpaired) electrons. The third-order valence-electron chi connectivity index (χ3n) is 15.4. The average Bonchev–Trinajstić information content (AvgIpc) is 2.13. The largest absolute Gasteiger partial charge is 3.00 e. The summed E-state index contributed by atoms with van der Waals surface area (Å²) in [6, 6.07) is 100. The van der Waals surface area contributed by atoms with Crippen molar-refractivity contribution >= 4 is 32.3 Å². The minimum absolute atomic E-state index is 0. The molecule has 4 aromatic heterocycles. The van der Waals surface area contributed by atoms with Crippen molar-refractivity contribution in [1.82, 2.24) is 24.9 Å². The summed E-state index contributed by atoms with van der Waals surface area (Å²) in [5.74, 6) is 1.50. The Morgan fingerprint density at radius 1 is 0.318 bits per heavy atom. The standard InChI is InChI=1S/C77H44N5O.Ir.Pt/c1-3-19-62(60(17-1)50-26-30-52(31-27-50)70-23-7-10-40-78-70)57-45-58(63-20-4-2-18-61(63)51-28-32-53(33-29-51)71-24-8-11-41-79-71)47-59(46-57)64-21-5-6-22-65(64)66-37-36-56(77-81-43-14-44-82-77)48-73(66)83-74-49-69(72-25-9-12-42-80-72)67-38-34-54-15-13-16-55-35-39-68(74)76(67)75(54)55;;/h1-30,32,34-35,37-47H;;/q-5;+3;+2. The molecule has 0 N–H and O–H groups in total. The molecule has 0 atom stereocenters.